The molecule has 2 aliphatic rings. The Balaban J connectivity index is 1.70. The van der Waals surface area contributed by atoms with E-state index in [4.69, 9.17) is 4.74 Å². The molecule has 0 aromatic heterocycles. The highest BCUT2D eigenvalue weighted by Crippen LogP contribution is 2.15. The minimum Gasteiger partial charge on any atom is -0.376 e. The highest BCUT2D eigenvalue weighted by atomic mass is 16.5. The Morgan fingerprint density at radius 3 is 3.00 bits per heavy atom. The van der Waals surface area contributed by atoms with Crippen LogP contribution in [0.4, 0.5) is 0 Å². The van der Waals surface area contributed by atoms with E-state index in [-0.39, 0.29) is 17.9 Å². The van der Waals surface area contributed by atoms with Gasteiger partial charge in [0.2, 0.25) is 5.91 Å². The van der Waals surface area contributed by atoms with Crippen LogP contribution in [0.5, 0.6) is 0 Å². The molecule has 0 spiro atoms. The van der Waals surface area contributed by atoms with E-state index in [0.29, 0.717) is 6.54 Å². The van der Waals surface area contributed by atoms with Crippen LogP contribution in [-0.4, -0.2) is 50.2 Å². The number of hydrogen-bond donors (Lipinski definition) is 1. The van der Waals surface area contributed by atoms with Crippen molar-refractivity contribution in [3.8, 4) is 0 Å². The lowest BCUT2D eigenvalue weighted by Crippen LogP contribution is -2.43. The molecule has 1 amide bonds. The smallest absolute Gasteiger partial charge is 0.224 e. The third-order valence-corrected chi connectivity index (χ3v) is 3.52. The number of ether oxygens (including phenoxy) is 1. The highest BCUT2D eigenvalue weighted by Gasteiger charge is 2.24. The number of likely N-dealkylation sites (tertiary alicyclic amines) is 1. The topological polar surface area (TPSA) is 41.6 Å². The molecule has 0 bridgehead atoms. The van der Waals surface area contributed by atoms with Crippen molar-refractivity contribution in [2.75, 3.05) is 33.3 Å². The summed E-state index contributed by atoms with van der Waals surface area (Å²) in [5.41, 5.74) is 0. The van der Waals surface area contributed by atoms with E-state index in [9.17, 15) is 4.79 Å². The van der Waals surface area contributed by atoms with Crippen molar-refractivity contribution in [2.24, 2.45) is 5.92 Å². The summed E-state index contributed by atoms with van der Waals surface area (Å²) in [6, 6.07) is 0. The Kier molecular flexibility index (Phi) is 4.18. The van der Waals surface area contributed by atoms with Crippen molar-refractivity contribution in [1.29, 1.82) is 0 Å². The minimum absolute atomic E-state index is 0.181. The van der Waals surface area contributed by atoms with Gasteiger partial charge in [-0.05, 0) is 39.3 Å². The lowest BCUT2D eigenvalue weighted by atomic mass is 9.97. The van der Waals surface area contributed by atoms with Crippen molar-refractivity contribution < 1.29 is 9.53 Å². The lowest BCUT2D eigenvalue weighted by Gasteiger charge is -2.29. The standard InChI is InChI=1S/C12H22N2O2/c1-14-6-2-4-10(9-14)12(15)13-8-11-5-3-7-16-11/h10-11H,2-9H2,1H3,(H,13,15)/t10-,11+/m1/s1. The Hall–Kier alpha value is -0.610. The Labute approximate surface area is 97.3 Å². The van der Waals surface area contributed by atoms with E-state index >= 15 is 0 Å². The third-order valence-electron chi connectivity index (χ3n) is 3.52. The van der Waals surface area contributed by atoms with Gasteiger partial charge in [-0.15, -0.1) is 0 Å². The van der Waals surface area contributed by atoms with E-state index in [0.717, 1.165) is 45.4 Å². The zero-order valence-electron chi connectivity index (χ0n) is 10.1. The molecule has 2 atom stereocenters. The van der Waals surface area contributed by atoms with Crippen molar-refractivity contribution >= 4 is 5.91 Å². The van der Waals surface area contributed by atoms with Crippen molar-refractivity contribution in [1.82, 2.24) is 10.2 Å². The quantitative estimate of drug-likeness (QED) is 0.767. The Morgan fingerprint density at radius 2 is 2.31 bits per heavy atom. The van der Waals surface area contributed by atoms with Gasteiger partial charge in [-0.25, -0.2) is 0 Å². The van der Waals surface area contributed by atoms with Gasteiger partial charge in [0.05, 0.1) is 12.0 Å². The molecule has 0 radical (unpaired) electrons. The van der Waals surface area contributed by atoms with Gasteiger partial charge in [0, 0.05) is 19.7 Å². The summed E-state index contributed by atoms with van der Waals surface area (Å²) in [7, 11) is 2.08. The van der Waals surface area contributed by atoms with Crippen LogP contribution in [0.25, 0.3) is 0 Å². The number of nitrogens with zero attached hydrogens (tertiary/aromatic N) is 1. The average molecular weight is 226 g/mol. The van der Waals surface area contributed by atoms with Gasteiger partial charge in [0.15, 0.2) is 0 Å². The predicted octanol–water partition coefficient (Wildman–Crippen LogP) is 0.623. The summed E-state index contributed by atoms with van der Waals surface area (Å²) >= 11 is 0. The molecule has 1 N–H and O–H groups in total. The molecule has 2 rings (SSSR count). The molecular weight excluding hydrogens is 204 g/mol. The first-order valence-electron chi connectivity index (χ1n) is 6.33. The normalized spacial score (nSPS) is 31.6. The number of hydrogen-bond acceptors (Lipinski definition) is 3. The average Bonchev–Trinajstić information content (AvgIpc) is 2.78. The molecule has 2 heterocycles. The second kappa shape index (κ2) is 5.64. The van der Waals surface area contributed by atoms with Gasteiger partial charge in [-0.2, -0.15) is 0 Å². The van der Waals surface area contributed by atoms with Crippen LogP contribution < -0.4 is 5.32 Å². The maximum Gasteiger partial charge on any atom is 0.224 e. The fourth-order valence-corrected chi connectivity index (χ4v) is 2.54. The zero-order valence-corrected chi connectivity index (χ0v) is 10.1. The SMILES string of the molecule is CN1CCC[C@@H](C(=O)NC[C@@H]2CCCO2)C1. The van der Waals surface area contributed by atoms with Gasteiger partial charge in [0.25, 0.3) is 0 Å². The Morgan fingerprint density at radius 1 is 1.44 bits per heavy atom. The maximum atomic E-state index is 11.9. The van der Waals surface area contributed by atoms with Crippen LogP contribution in [-0.2, 0) is 9.53 Å². The first-order chi connectivity index (χ1) is 7.75. The van der Waals surface area contributed by atoms with Crippen molar-refractivity contribution in [3.63, 3.8) is 0 Å². The van der Waals surface area contributed by atoms with Crippen LogP contribution in [0.1, 0.15) is 25.7 Å². The third kappa shape index (κ3) is 3.19. The summed E-state index contributed by atoms with van der Waals surface area (Å²) in [5, 5.41) is 3.02. The number of piperidine rings is 1. The number of carbonyl (C=O) groups excluding carboxylic acids is 1. The van der Waals surface area contributed by atoms with Crippen LogP contribution in [0, 0.1) is 5.92 Å². The molecule has 16 heavy (non-hydrogen) atoms. The second-order valence-electron chi connectivity index (χ2n) is 4.98. The summed E-state index contributed by atoms with van der Waals surface area (Å²) in [6.07, 6.45) is 4.64. The number of amides is 1. The Bertz CT molecular complexity index is 239. The number of nitrogens with one attached hydrogen (secondary N) is 1. The van der Waals surface area contributed by atoms with Crippen molar-refractivity contribution in [2.45, 2.75) is 31.8 Å². The molecule has 0 aliphatic carbocycles. The maximum absolute atomic E-state index is 11.9. The van der Waals surface area contributed by atoms with Gasteiger partial charge in [0.1, 0.15) is 0 Å². The molecular formula is C12H22N2O2. The summed E-state index contributed by atoms with van der Waals surface area (Å²) < 4.78 is 5.49. The van der Waals surface area contributed by atoms with Crippen LogP contribution >= 0.6 is 0 Å². The summed E-state index contributed by atoms with van der Waals surface area (Å²) in [6.45, 7) is 3.57. The summed E-state index contributed by atoms with van der Waals surface area (Å²) in [4.78, 5) is 14.1. The van der Waals surface area contributed by atoms with E-state index < -0.39 is 0 Å². The first kappa shape index (κ1) is 11.9. The van der Waals surface area contributed by atoms with Crippen molar-refractivity contribution in [3.05, 3.63) is 0 Å². The van der Waals surface area contributed by atoms with Gasteiger partial charge in [-0.1, -0.05) is 0 Å². The van der Waals surface area contributed by atoms with Crippen LogP contribution in [0.3, 0.4) is 0 Å². The predicted molar refractivity (Wildman–Crippen MR) is 62.2 cm³/mol. The molecule has 2 aliphatic heterocycles. The molecule has 0 unspecified atom stereocenters. The largest absolute Gasteiger partial charge is 0.376 e. The summed E-state index contributed by atoms with van der Waals surface area (Å²) in [5.74, 6) is 0.391. The van der Waals surface area contributed by atoms with Gasteiger partial charge < -0.3 is 15.0 Å². The highest BCUT2D eigenvalue weighted by molar-refractivity contribution is 5.78. The van der Waals surface area contributed by atoms with Crippen LogP contribution in [0.15, 0.2) is 0 Å². The molecule has 0 saturated carbocycles. The van der Waals surface area contributed by atoms with Gasteiger partial charge >= 0.3 is 0 Å². The molecule has 2 saturated heterocycles. The monoisotopic (exact) mass is 226 g/mol. The minimum atomic E-state index is 0.181. The lowest BCUT2D eigenvalue weighted by molar-refractivity contribution is -0.127. The van der Waals surface area contributed by atoms with E-state index in [1.54, 1.807) is 0 Å². The van der Waals surface area contributed by atoms with E-state index in [1.165, 1.54) is 0 Å². The first-order valence-corrected chi connectivity index (χ1v) is 6.33. The number of carbonyl (C=O) groups is 1. The molecule has 0 aromatic carbocycles. The van der Waals surface area contributed by atoms with E-state index in [2.05, 4.69) is 17.3 Å². The fourth-order valence-electron chi connectivity index (χ4n) is 2.54. The number of rotatable bonds is 3. The second-order valence-corrected chi connectivity index (χ2v) is 4.98. The van der Waals surface area contributed by atoms with E-state index in [1.807, 2.05) is 0 Å². The molecule has 4 nitrogen and oxygen atoms in total. The molecule has 92 valence electrons. The molecule has 2 fully saturated rings. The molecule has 4 heteroatoms. The zero-order chi connectivity index (χ0) is 11.4. The van der Waals surface area contributed by atoms with Gasteiger partial charge in [-0.3, -0.25) is 4.79 Å². The molecule has 0 aromatic rings. The fraction of sp³-hybridized carbons (Fsp3) is 0.917. The van der Waals surface area contributed by atoms with Crippen LogP contribution in [0.2, 0.25) is 0 Å².